The Morgan fingerprint density at radius 1 is 1.48 bits per heavy atom. The van der Waals surface area contributed by atoms with Crippen molar-refractivity contribution < 1.29 is 13.9 Å². The van der Waals surface area contributed by atoms with Gasteiger partial charge in [0.1, 0.15) is 11.3 Å². The van der Waals surface area contributed by atoms with Crippen LogP contribution < -0.4 is 10.9 Å². The first-order valence-electron chi connectivity index (χ1n) is 8.14. The highest BCUT2D eigenvalue weighted by atomic mass is 16.5. The molecule has 1 aliphatic rings. The molecule has 2 aromatic rings. The number of amides is 1. The van der Waals surface area contributed by atoms with Crippen molar-refractivity contribution in [3.63, 3.8) is 0 Å². The van der Waals surface area contributed by atoms with E-state index in [1.165, 1.54) is 0 Å². The number of aromatic nitrogens is 1. The van der Waals surface area contributed by atoms with Crippen LogP contribution in [0.3, 0.4) is 0 Å². The van der Waals surface area contributed by atoms with Gasteiger partial charge in [-0.25, -0.2) is 0 Å². The molecule has 1 N–H and O–H groups in total. The lowest BCUT2D eigenvalue weighted by Gasteiger charge is -2.10. The van der Waals surface area contributed by atoms with Gasteiger partial charge in [0.15, 0.2) is 0 Å². The molecule has 0 saturated carbocycles. The highest BCUT2D eigenvalue weighted by molar-refractivity contribution is 6.06. The number of carbonyl (C=O) groups is 1. The molecule has 1 atom stereocenters. The van der Waals surface area contributed by atoms with Crippen LogP contribution in [0, 0.1) is 6.92 Å². The number of nitrogens with zero attached hydrogens (tertiary/aromatic N) is 1. The van der Waals surface area contributed by atoms with Crippen molar-refractivity contribution >= 4 is 16.9 Å². The van der Waals surface area contributed by atoms with E-state index in [4.69, 9.17) is 9.15 Å². The monoisotopic (exact) mass is 318 g/mol. The van der Waals surface area contributed by atoms with Crippen molar-refractivity contribution in [3.05, 3.63) is 33.9 Å². The number of nitrogens with one attached hydrogen (secondary N) is 1. The maximum absolute atomic E-state index is 12.6. The number of pyridine rings is 1. The molecule has 124 valence electrons. The van der Waals surface area contributed by atoms with Gasteiger partial charge in [-0.05, 0) is 32.3 Å². The molecule has 0 aromatic carbocycles. The van der Waals surface area contributed by atoms with Crippen molar-refractivity contribution in [1.29, 1.82) is 0 Å². The molecule has 23 heavy (non-hydrogen) atoms. The number of hydrogen-bond acceptors (Lipinski definition) is 4. The quantitative estimate of drug-likeness (QED) is 0.917. The number of aryl methyl sites for hydroxylation is 2. The van der Waals surface area contributed by atoms with Crippen LogP contribution in [-0.4, -0.2) is 29.7 Å². The van der Waals surface area contributed by atoms with Gasteiger partial charge in [0.2, 0.25) is 0 Å². The van der Waals surface area contributed by atoms with Crippen LogP contribution in [0.2, 0.25) is 0 Å². The third-order valence-electron chi connectivity index (χ3n) is 4.20. The van der Waals surface area contributed by atoms with Crippen LogP contribution in [0.15, 0.2) is 21.5 Å². The molecule has 2 aromatic heterocycles. The average Bonchev–Trinajstić information content (AvgIpc) is 3.15. The Labute approximate surface area is 134 Å². The zero-order chi connectivity index (χ0) is 16.4. The minimum Gasteiger partial charge on any atom is -0.460 e. The Morgan fingerprint density at radius 2 is 2.30 bits per heavy atom. The normalized spacial score (nSPS) is 17.7. The van der Waals surface area contributed by atoms with Crippen LogP contribution in [-0.2, 0) is 11.3 Å². The second-order valence-electron chi connectivity index (χ2n) is 5.93. The lowest BCUT2D eigenvalue weighted by atomic mass is 10.1. The first-order valence-corrected chi connectivity index (χ1v) is 8.14. The summed E-state index contributed by atoms with van der Waals surface area (Å²) in [6.45, 7) is 5.55. The van der Waals surface area contributed by atoms with Crippen molar-refractivity contribution in [1.82, 2.24) is 9.88 Å². The van der Waals surface area contributed by atoms with Crippen LogP contribution in [0.5, 0.6) is 0 Å². The highest BCUT2D eigenvalue weighted by Crippen LogP contribution is 2.22. The molecular weight excluding hydrogens is 296 g/mol. The van der Waals surface area contributed by atoms with Gasteiger partial charge in [0.25, 0.3) is 11.5 Å². The minimum absolute atomic E-state index is 0.0640. The van der Waals surface area contributed by atoms with Crippen molar-refractivity contribution in [3.8, 4) is 0 Å². The van der Waals surface area contributed by atoms with E-state index < -0.39 is 0 Å². The number of hydrogen-bond donors (Lipinski definition) is 1. The lowest BCUT2D eigenvalue weighted by Crippen LogP contribution is -2.32. The molecule has 0 unspecified atom stereocenters. The van der Waals surface area contributed by atoms with E-state index in [1.54, 1.807) is 23.8 Å². The minimum atomic E-state index is -0.275. The predicted molar refractivity (Wildman–Crippen MR) is 86.8 cm³/mol. The second-order valence-corrected chi connectivity index (χ2v) is 5.93. The Balaban J connectivity index is 1.92. The molecule has 0 aliphatic carbocycles. The fourth-order valence-electron chi connectivity index (χ4n) is 3.06. The molecule has 1 amide bonds. The number of fused-ring (bicyclic) bond motifs is 1. The van der Waals surface area contributed by atoms with Crippen molar-refractivity contribution in [2.24, 2.45) is 0 Å². The molecule has 6 heteroatoms. The maximum atomic E-state index is 12.6. The topological polar surface area (TPSA) is 73.5 Å². The summed E-state index contributed by atoms with van der Waals surface area (Å²) >= 11 is 0. The number of carbonyl (C=O) groups excluding carboxylic acids is 1. The fraction of sp³-hybridized carbons (Fsp3) is 0.529. The van der Waals surface area contributed by atoms with Crippen molar-refractivity contribution in [2.75, 3.05) is 13.2 Å². The predicted octanol–water partition coefficient (Wildman–Crippen LogP) is 2.22. The van der Waals surface area contributed by atoms with Gasteiger partial charge in [-0.3, -0.25) is 9.59 Å². The average molecular weight is 318 g/mol. The second kappa shape index (κ2) is 6.58. The standard InChI is InChI=1S/C17H22N2O4/c1-3-7-19-8-6-13-15(17(19)21)14(11(2)23-13)16(20)18-10-12-5-4-9-22-12/h6,8,12H,3-5,7,9-10H2,1-2H3,(H,18,20)/t12-/m1/s1. The van der Waals surface area contributed by atoms with E-state index in [-0.39, 0.29) is 17.6 Å². The zero-order valence-electron chi connectivity index (χ0n) is 13.6. The molecule has 0 bridgehead atoms. The number of ether oxygens (including phenoxy) is 1. The molecule has 3 rings (SSSR count). The molecule has 0 radical (unpaired) electrons. The largest absolute Gasteiger partial charge is 0.460 e. The van der Waals surface area contributed by atoms with Crippen LogP contribution in [0.25, 0.3) is 11.0 Å². The Kier molecular flexibility index (Phi) is 4.52. The number of rotatable bonds is 5. The van der Waals surface area contributed by atoms with E-state index in [9.17, 15) is 9.59 Å². The van der Waals surface area contributed by atoms with E-state index >= 15 is 0 Å². The van der Waals surface area contributed by atoms with Crippen LogP contribution in [0.1, 0.15) is 42.3 Å². The summed E-state index contributed by atoms with van der Waals surface area (Å²) in [4.78, 5) is 25.2. The Bertz CT molecular complexity index is 769. The van der Waals surface area contributed by atoms with Gasteiger partial charge in [-0.15, -0.1) is 0 Å². The number of furan rings is 1. The summed E-state index contributed by atoms with van der Waals surface area (Å²) in [7, 11) is 0. The summed E-state index contributed by atoms with van der Waals surface area (Å²) in [6.07, 6.45) is 4.60. The lowest BCUT2D eigenvalue weighted by molar-refractivity contribution is 0.0857. The van der Waals surface area contributed by atoms with Crippen molar-refractivity contribution in [2.45, 2.75) is 45.8 Å². The zero-order valence-corrected chi connectivity index (χ0v) is 13.6. The van der Waals surface area contributed by atoms with Gasteiger partial charge in [0, 0.05) is 25.9 Å². The molecule has 6 nitrogen and oxygen atoms in total. The molecule has 0 spiro atoms. The summed E-state index contributed by atoms with van der Waals surface area (Å²) < 4.78 is 12.7. The molecule has 1 fully saturated rings. The summed E-state index contributed by atoms with van der Waals surface area (Å²) in [5, 5.41) is 3.23. The maximum Gasteiger partial charge on any atom is 0.262 e. The summed E-state index contributed by atoms with van der Waals surface area (Å²) in [5.74, 6) is 0.194. The van der Waals surface area contributed by atoms with Crippen LogP contribution >= 0.6 is 0 Å². The molecule has 1 saturated heterocycles. The smallest absolute Gasteiger partial charge is 0.262 e. The van der Waals surface area contributed by atoms with E-state index in [1.807, 2.05) is 6.92 Å². The highest BCUT2D eigenvalue weighted by Gasteiger charge is 2.23. The first-order chi connectivity index (χ1) is 11.1. The molecule has 3 heterocycles. The van der Waals surface area contributed by atoms with E-state index in [0.29, 0.717) is 35.4 Å². The summed E-state index contributed by atoms with van der Waals surface area (Å²) in [6, 6.07) is 1.75. The van der Waals surface area contributed by atoms with Gasteiger partial charge in [-0.1, -0.05) is 6.92 Å². The fourth-order valence-corrected chi connectivity index (χ4v) is 3.06. The molecule has 1 aliphatic heterocycles. The van der Waals surface area contributed by atoms with Gasteiger partial charge in [0.05, 0.1) is 17.1 Å². The van der Waals surface area contributed by atoms with Gasteiger partial charge >= 0.3 is 0 Å². The third kappa shape index (κ3) is 3.03. The summed E-state index contributed by atoms with van der Waals surface area (Å²) in [5.41, 5.74) is 0.624. The SMILES string of the molecule is CCCn1ccc2oc(C)c(C(=O)NC[C@H]3CCCO3)c2c1=O. The van der Waals surface area contributed by atoms with Crippen LogP contribution in [0.4, 0.5) is 0 Å². The Hall–Kier alpha value is -2.08. The van der Waals surface area contributed by atoms with Gasteiger partial charge < -0.3 is 19.0 Å². The Morgan fingerprint density at radius 3 is 3.00 bits per heavy atom. The third-order valence-corrected chi connectivity index (χ3v) is 4.20. The van der Waals surface area contributed by atoms with E-state index in [2.05, 4.69) is 5.32 Å². The molecular formula is C17H22N2O4. The van der Waals surface area contributed by atoms with E-state index in [0.717, 1.165) is 25.9 Å². The first kappa shape index (κ1) is 15.8. The van der Waals surface area contributed by atoms with Gasteiger partial charge in [-0.2, -0.15) is 0 Å².